The van der Waals surface area contributed by atoms with E-state index < -0.39 is 0 Å². The van der Waals surface area contributed by atoms with E-state index in [4.69, 9.17) is 0 Å². The van der Waals surface area contributed by atoms with Crippen LogP contribution in [0.3, 0.4) is 0 Å². The van der Waals surface area contributed by atoms with Gasteiger partial charge in [0.25, 0.3) is 5.56 Å². The number of amides is 2. The van der Waals surface area contributed by atoms with Crippen molar-refractivity contribution in [2.45, 2.75) is 65.0 Å². The smallest absolute Gasteiger partial charge is 0.317 e. The molecule has 5 nitrogen and oxygen atoms in total. The number of carbonyl (C=O) groups excluding carboxylic acids is 1. The standard InChI is InChI=1S/C18H27N3O2/c1-12-10-13(2)20-17(22)15(12)11-19-18(23)21-9-5-8-16(21)14-6-3-4-7-14/h10,14,16H,3-9,11H2,1-2H3,(H,19,23)(H,20,22). The minimum Gasteiger partial charge on any atom is -0.334 e. The van der Waals surface area contributed by atoms with Crippen LogP contribution in [0.2, 0.25) is 0 Å². The number of rotatable bonds is 3. The fourth-order valence-electron chi connectivity index (χ4n) is 4.24. The molecule has 126 valence electrons. The number of pyridine rings is 1. The van der Waals surface area contributed by atoms with Gasteiger partial charge >= 0.3 is 6.03 Å². The third-order valence-corrected chi connectivity index (χ3v) is 5.41. The van der Waals surface area contributed by atoms with E-state index >= 15 is 0 Å². The summed E-state index contributed by atoms with van der Waals surface area (Å²) in [7, 11) is 0. The molecule has 1 unspecified atom stereocenters. The van der Waals surface area contributed by atoms with Gasteiger partial charge in [0.1, 0.15) is 0 Å². The Morgan fingerprint density at radius 2 is 2.00 bits per heavy atom. The number of hydrogen-bond donors (Lipinski definition) is 2. The van der Waals surface area contributed by atoms with E-state index in [9.17, 15) is 9.59 Å². The van der Waals surface area contributed by atoms with E-state index in [-0.39, 0.29) is 11.6 Å². The van der Waals surface area contributed by atoms with E-state index in [0.29, 0.717) is 24.1 Å². The summed E-state index contributed by atoms with van der Waals surface area (Å²) >= 11 is 0. The first-order valence-electron chi connectivity index (χ1n) is 8.80. The molecule has 2 N–H and O–H groups in total. The van der Waals surface area contributed by atoms with Crippen molar-refractivity contribution in [2.75, 3.05) is 6.54 Å². The summed E-state index contributed by atoms with van der Waals surface area (Å²) in [5.41, 5.74) is 2.33. The van der Waals surface area contributed by atoms with Gasteiger partial charge in [-0.05, 0) is 57.1 Å². The van der Waals surface area contributed by atoms with Gasteiger partial charge in [0.2, 0.25) is 0 Å². The van der Waals surface area contributed by atoms with Gasteiger partial charge in [-0.2, -0.15) is 0 Å². The van der Waals surface area contributed by atoms with Crippen molar-refractivity contribution < 1.29 is 4.79 Å². The predicted octanol–water partition coefficient (Wildman–Crippen LogP) is 2.86. The Bertz CT molecular complexity index is 632. The largest absolute Gasteiger partial charge is 0.334 e. The maximum Gasteiger partial charge on any atom is 0.317 e. The van der Waals surface area contributed by atoms with Crippen molar-refractivity contribution in [3.05, 3.63) is 33.2 Å². The monoisotopic (exact) mass is 317 g/mol. The van der Waals surface area contributed by atoms with E-state index in [0.717, 1.165) is 30.6 Å². The van der Waals surface area contributed by atoms with E-state index in [1.54, 1.807) is 0 Å². The van der Waals surface area contributed by atoms with Crippen LogP contribution in [0.5, 0.6) is 0 Å². The normalized spacial score (nSPS) is 21.8. The molecule has 1 saturated carbocycles. The van der Waals surface area contributed by atoms with Gasteiger partial charge in [-0.15, -0.1) is 0 Å². The van der Waals surface area contributed by atoms with Crippen LogP contribution < -0.4 is 10.9 Å². The number of nitrogens with one attached hydrogen (secondary N) is 2. The molecule has 0 radical (unpaired) electrons. The summed E-state index contributed by atoms with van der Waals surface area (Å²) in [6.45, 7) is 4.93. The fourth-order valence-corrected chi connectivity index (χ4v) is 4.24. The minimum atomic E-state index is -0.100. The van der Waals surface area contributed by atoms with E-state index in [2.05, 4.69) is 10.3 Å². The first-order chi connectivity index (χ1) is 11.1. The van der Waals surface area contributed by atoms with Crippen LogP contribution in [-0.4, -0.2) is 28.5 Å². The first kappa shape index (κ1) is 16.1. The number of hydrogen-bond acceptors (Lipinski definition) is 2. The second kappa shape index (κ2) is 6.77. The molecule has 1 atom stereocenters. The summed E-state index contributed by atoms with van der Waals surface area (Å²) in [6, 6.07) is 2.33. The third-order valence-electron chi connectivity index (χ3n) is 5.41. The van der Waals surface area contributed by atoms with Crippen LogP contribution in [0.4, 0.5) is 4.79 Å². The summed E-state index contributed by atoms with van der Waals surface area (Å²) in [6.07, 6.45) is 7.33. The number of carbonyl (C=O) groups is 1. The molecule has 3 rings (SSSR count). The molecular weight excluding hydrogens is 290 g/mol. The summed E-state index contributed by atoms with van der Waals surface area (Å²) in [5, 5.41) is 2.96. The molecule has 0 aromatic carbocycles. The molecule has 0 spiro atoms. The van der Waals surface area contributed by atoms with Gasteiger partial charge in [0.05, 0.1) is 6.54 Å². The Labute approximate surface area is 137 Å². The zero-order chi connectivity index (χ0) is 16.4. The third kappa shape index (κ3) is 3.43. The molecule has 1 aromatic rings. The molecule has 2 aliphatic rings. The Morgan fingerprint density at radius 3 is 2.70 bits per heavy atom. The van der Waals surface area contributed by atoms with Crippen LogP contribution in [-0.2, 0) is 6.54 Å². The molecule has 1 aliphatic heterocycles. The fraction of sp³-hybridized carbons (Fsp3) is 0.667. The topological polar surface area (TPSA) is 65.2 Å². The van der Waals surface area contributed by atoms with Crippen LogP contribution in [0.25, 0.3) is 0 Å². The van der Waals surface area contributed by atoms with Gasteiger partial charge in [0, 0.05) is 23.8 Å². The average molecular weight is 317 g/mol. The Morgan fingerprint density at radius 1 is 1.26 bits per heavy atom. The minimum absolute atomic E-state index is 0.0150. The molecule has 23 heavy (non-hydrogen) atoms. The molecule has 2 amide bonds. The summed E-state index contributed by atoms with van der Waals surface area (Å²) < 4.78 is 0. The molecule has 1 aromatic heterocycles. The number of urea groups is 1. The van der Waals surface area contributed by atoms with Gasteiger partial charge in [0.15, 0.2) is 0 Å². The second-order valence-corrected chi connectivity index (χ2v) is 7.05. The van der Waals surface area contributed by atoms with Crippen LogP contribution in [0.15, 0.2) is 10.9 Å². The van der Waals surface area contributed by atoms with E-state index in [1.165, 1.54) is 25.7 Å². The Kier molecular flexibility index (Phi) is 4.74. The van der Waals surface area contributed by atoms with Gasteiger partial charge < -0.3 is 15.2 Å². The highest BCUT2D eigenvalue weighted by Crippen LogP contribution is 2.35. The molecule has 5 heteroatoms. The Balaban J connectivity index is 1.64. The maximum atomic E-state index is 12.6. The van der Waals surface area contributed by atoms with Crippen molar-refractivity contribution >= 4 is 6.03 Å². The molecule has 0 bridgehead atoms. The zero-order valence-corrected chi connectivity index (χ0v) is 14.2. The van der Waals surface area contributed by atoms with Crippen LogP contribution in [0, 0.1) is 19.8 Å². The van der Waals surface area contributed by atoms with Crippen molar-refractivity contribution in [2.24, 2.45) is 5.92 Å². The zero-order valence-electron chi connectivity index (χ0n) is 14.2. The highest BCUT2D eigenvalue weighted by atomic mass is 16.2. The molecule has 2 heterocycles. The lowest BCUT2D eigenvalue weighted by Gasteiger charge is -2.29. The summed E-state index contributed by atoms with van der Waals surface area (Å²) in [5.74, 6) is 0.674. The van der Waals surface area contributed by atoms with Crippen molar-refractivity contribution in [3.63, 3.8) is 0 Å². The number of aryl methyl sites for hydroxylation is 2. The van der Waals surface area contributed by atoms with Gasteiger partial charge in [-0.3, -0.25) is 4.79 Å². The van der Waals surface area contributed by atoms with Crippen molar-refractivity contribution in [1.82, 2.24) is 15.2 Å². The summed E-state index contributed by atoms with van der Waals surface area (Å²) in [4.78, 5) is 29.4. The quantitative estimate of drug-likeness (QED) is 0.900. The van der Waals surface area contributed by atoms with Crippen LogP contribution >= 0.6 is 0 Å². The average Bonchev–Trinajstić information content (AvgIpc) is 3.16. The van der Waals surface area contributed by atoms with E-state index in [1.807, 2.05) is 24.8 Å². The number of H-pyrrole nitrogens is 1. The number of aromatic nitrogens is 1. The molecular formula is C18H27N3O2. The second-order valence-electron chi connectivity index (χ2n) is 7.05. The predicted molar refractivity (Wildman–Crippen MR) is 90.5 cm³/mol. The highest BCUT2D eigenvalue weighted by Gasteiger charge is 2.35. The lowest BCUT2D eigenvalue weighted by Crippen LogP contribution is -2.45. The van der Waals surface area contributed by atoms with Gasteiger partial charge in [-0.1, -0.05) is 12.8 Å². The van der Waals surface area contributed by atoms with Crippen molar-refractivity contribution in [1.29, 1.82) is 0 Å². The van der Waals surface area contributed by atoms with Gasteiger partial charge in [-0.25, -0.2) is 4.79 Å². The number of aromatic amines is 1. The highest BCUT2D eigenvalue weighted by molar-refractivity contribution is 5.75. The van der Waals surface area contributed by atoms with Crippen LogP contribution in [0.1, 0.15) is 55.3 Å². The SMILES string of the molecule is Cc1cc(C)c(CNC(=O)N2CCCC2C2CCCC2)c(=O)[nH]1. The lowest BCUT2D eigenvalue weighted by atomic mass is 9.96. The molecule has 1 saturated heterocycles. The van der Waals surface area contributed by atoms with Crippen molar-refractivity contribution in [3.8, 4) is 0 Å². The first-order valence-corrected chi connectivity index (χ1v) is 8.80. The lowest BCUT2D eigenvalue weighted by molar-refractivity contribution is 0.172. The Hall–Kier alpha value is -1.78. The number of likely N-dealkylation sites (tertiary alicyclic amines) is 1. The number of nitrogens with zero attached hydrogens (tertiary/aromatic N) is 1. The molecule has 2 fully saturated rings. The molecule has 1 aliphatic carbocycles. The maximum absolute atomic E-state index is 12.6.